The van der Waals surface area contributed by atoms with E-state index in [9.17, 15) is 10.1 Å². The molecule has 3 rings (SSSR count). The van der Waals surface area contributed by atoms with Gasteiger partial charge in [-0.3, -0.25) is 10.1 Å². The molecule has 0 spiro atoms. The lowest BCUT2D eigenvalue weighted by Gasteiger charge is -2.16. The number of nitro groups is 1. The standard InChI is InChI=1S/C22H20Cl2N2O4/c1-14-18(23)4-3-5-20(14)25-12-16-10-19(24)22(21(11-16)29-2)30-13-15-6-8-17(9-7-15)26(27)28/h3-11,25H,12-13H2,1-2H3. The van der Waals surface area contributed by atoms with Crippen LogP contribution in [0.2, 0.25) is 10.0 Å². The third-order valence-electron chi connectivity index (χ3n) is 4.57. The molecule has 8 heteroatoms. The number of nitrogens with one attached hydrogen (secondary N) is 1. The van der Waals surface area contributed by atoms with Crippen LogP contribution in [0.5, 0.6) is 11.5 Å². The quantitative estimate of drug-likeness (QED) is 0.319. The van der Waals surface area contributed by atoms with Crippen LogP contribution in [-0.2, 0) is 13.2 Å². The second-order valence-corrected chi connectivity index (χ2v) is 7.40. The maximum atomic E-state index is 10.8. The van der Waals surface area contributed by atoms with E-state index < -0.39 is 4.92 Å². The van der Waals surface area contributed by atoms with Crippen molar-refractivity contribution in [1.82, 2.24) is 0 Å². The topological polar surface area (TPSA) is 73.6 Å². The molecule has 3 aromatic rings. The van der Waals surface area contributed by atoms with E-state index in [0.29, 0.717) is 28.1 Å². The molecule has 156 valence electrons. The van der Waals surface area contributed by atoms with E-state index >= 15 is 0 Å². The van der Waals surface area contributed by atoms with Gasteiger partial charge in [-0.15, -0.1) is 0 Å². The summed E-state index contributed by atoms with van der Waals surface area (Å²) in [5, 5.41) is 15.2. The van der Waals surface area contributed by atoms with Crippen LogP contribution in [0, 0.1) is 17.0 Å². The van der Waals surface area contributed by atoms with Crippen LogP contribution in [0.3, 0.4) is 0 Å². The summed E-state index contributed by atoms with van der Waals surface area (Å²) in [4.78, 5) is 10.3. The fourth-order valence-electron chi connectivity index (χ4n) is 2.88. The average Bonchev–Trinajstić information content (AvgIpc) is 2.74. The fraction of sp³-hybridized carbons (Fsp3) is 0.182. The van der Waals surface area contributed by atoms with E-state index in [4.69, 9.17) is 32.7 Å². The first-order valence-corrected chi connectivity index (χ1v) is 9.86. The molecular weight excluding hydrogens is 427 g/mol. The minimum absolute atomic E-state index is 0.0288. The van der Waals surface area contributed by atoms with Crippen molar-refractivity contribution < 1.29 is 14.4 Å². The minimum Gasteiger partial charge on any atom is -0.493 e. The molecule has 0 amide bonds. The predicted octanol–water partition coefficient (Wildman–Crippen LogP) is 6.41. The molecule has 0 bridgehead atoms. The first-order valence-electron chi connectivity index (χ1n) is 9.10. The van der Waals surface area contributed by atoms with E-state index in [0.717, 1.165) is 22.4 Å². The van der Waals surface area contributed by atoms with Crippen molar-refractivity contribution in [1.29, 1.82) is 0 Å². The number of hydrogen-bond acceptors (Lipinski definition) is 5. The highest BCUT2D eigenvalue weighted by atomic mass is 35.5. The third kappa shape index (κ3) is 5.14. The van der Waals surface area contributed by atoms with Crippen molar-refractivity contribution in [3.05, 3.63) is 91.4 Å². The van der Waals surface area contributed by atoms with E-state index in [1.807, 2.05) is 37.3 Å². The lowest BCUT2D eigenvalue weighted by Crippen LogP contribution is -2.03. The Balaban J connectivity index is 1.72. The Bertz CT molecular complexity index is 1060. The Labute approximate surface area is 184 Å². The van der Waals surface area contributed by atoms with Crippen molar-refractivity contribution in [2.24, 2.45) is 0 Å². The summed E-state index contributed by atoms with van der Waals surface area (Å²) in [5.74, 6) is 0.921. The molecule has 0 aliphatic heterocycles. The van der Waals surface area contributed by atoms with Gasteiger partial charge in [-0.2, -0.15) is 0 Å². The largest absolute Gasteiger partial charge is 0.493 e. The minimum atomic E-state index is -0.442. The highest BCUT2D eigenvalue weighted by Gasteiger charge is 2.13. The smallest absolute Gasteiger partial charge is 0.269 e. The molecule has 0 unspecified atom stereocenters. The summed E-state index contributed by atoms with van der Waals surface area (Å²) in [6, 6.07) is 15.5. The molecule has 30 heavy (non-hydrogen) atoms. The Morgan fingerprint density at radius 1 is 1.03 bits per heavy atom. The lowest BCUT2D eigenvalue weighted by atomic mass is 10.1. The SMILES string of the molecule is COc1cc(CNc2cccc(Cl)c2C)cc(Cl)c1OCc1ccc([N+](=O)[O-])cc1. The Morgan fingerprint density at radius 2 is 1.77 bits per heavy atom. The van der Waals surface area contributed by atoms with E-state index in [1.54, 1.807) is 19.2 Å². The Morgan fingerprint density at radius 3 is 2.43 bits per heavy atom. The number of ether oxygens (including phenoxy) is 2. The Kier molecular flexibility index (Phi) is 7.03. The molecule has 1 N–H and O–H groups in total. The number of rotatable bonds is 8. The van der Waals surface area contributed by atoms with Crippen LogP contribution in [-0.4, -0.2) is 12.0 Å². The second kappa shape index (κ2) is 9.69. The maximum Gasteiger partial charge on any atom is 0.269 e. The van der Waals surface area contributed by atoms with Gasteiger partial charge in [0.1, 0.15) is 6.61 Å². The monoisotopic (exact) mass is 446 g/mol. The highest BCUT2D eigenvalue weighted by Crippen LogP contribution is 2.37. The van der Waals surface area contributed by atoms with Gasteiger partial charge in [-0.25, -0.2) is 0 Å². The van der Waals surface area contributed by atoms with Crippen LogP contribution in [0.4, 0.5) is 11.4 Å². The molecule has 0 aliphatic carbocycles. The van der Waals surface area contributed by atoms with Gasteiger partial charge in [0.25, 0.3) is 5.69 Å². The molecule has 6 nitrogen and oxygen atoms in total. The maximum absolute atomic E-state index is 10.8. The number of anilines is 1. The summed E-state index contributed by atoms with van der Waals surface area (Å²) in [6.45, 7) is 2.68. The van der Waals surface area contributed by atoms with Crippen LogP contribution in [0.25, 0.3) is 0 Å². The summed E-state index contributed by atoms with van der Waals surface area (Å²) in [7, 11) is 1.54. The normalized spacial score (nSPS) is 10.5. The van der Waals surface area contributed by atoms with Gasteiger partial charge in [0, 0.05) is 29.4 Å². The van der Waals surface area contributed by atoms with E-state index in [-0.39, 0.29) is 12.3 Å². The third-order valence-corrected chi connectivity index (χ3v) is 5.26. The van der Waals surface area contributed by atoms with Gasteiger partial charge in [0.2, 0.25) is 0 Å². The first-order chi connectivity index (χ1) is 14.4. The van der Waals surface area contributed by atoms with Gasteiger partial charge in [-0.05, 0) is 60.0 Å². The van der Waals surface area contributed by atoms with Crippen molar-refractivity contribution in [3.63, 3.8) is 0 Å². The average molecular weight is 447 g/mol. The molecular formula is C22H20Cl2N2O4. The molecule has 0 atom stereocenters. The molecule has 0 fully saturated rings. The second-order valence-electron chi connectivity index (χ2n) is 6.59. The summed E-state index contributed by atoms with van der Waals surface area (Å²) >= 11 is 12.6. The zero-order valence-corrected chi connectivity index (χ0v) is 18.0. The van der Waals surface area contributed by atoms with Crippen LogP contribution in [0.15, 0.2) is 54.6 Å². The Hall–Kier alpha value is -2.96. The van der Waals surface area contributed by atoms with E-state index in [1.165, 1.54) is 12.1 Å². The van der Waals surface area contributed by atoms with Crippen molar-refractivity contribution in [3.8, 4) is 11.5 Å². The van der Waals surface area contributed by atoms with Crippen LogP contribution >= 0.6 is 23.2 Å². The zero-order chi connectivity index (χ0) is 21.7. The van der Waals surface area contributed by atoms with Gasteiger partial charge >= 0.3 is 0 Å². The van der Waals surface area contributed by atoms with Gasteiger partial charge in [0.15, 0.2) is 11.5 Å². The van der Waals surface area contributed by atoms with Crippen molar-refractivity contribution in [2.45, 2.75) is 20.1 Å². The summed E-state index contributed by atoms with van der Waals surface area (Å²) in [6.07, 6.45) is 0. The predicted molar refractivity (Wildman–Crippen MR) is 119 cm³/mol. The van der Waals surface area contributed by atoms with Crippen molar-refractivity contribution in [2.75, 3.05) is 12.4 Å². The van der Waals surface area contributed by atoms with E-state index in [2.05, 4.69) is 5.32 Å². The molecule has 3 aromatic carbocycles. The van der Waals surface area contributed by atoms with Gasteiger partial charge < -0.3 is 14.8 Å². The number of halogens is 2. The number of non-ortho nitro benzene ring substituents is 1. The van der Waals surface area contributed by atoms with Crippen LogP contribution in [0.1, 0.15) is 16.7 Å². The zero-order valence-electron chi connectivity index (χ0n) is 16.4. The number of hydrogen-bond donors (Lipinski definition) is 1. The van der Waals surface area contributed by atoms with Gasteiger partial charge in [-0.1, -0.05) is 29.3 Å². The van der Waals surface area contributed by atoms with Crippen molar-refractivity contribution >= 4 is 34.6 Å². The molecule has 0 radical (unpaired) electrons. The molecule has 0 aromatic heterocycles. The molecule has 0 saturated heterocycles. The number of benzene rings is 3. The number of nitro benzene ring substituents is 1. The summed E-state index contributed by atoms with van der Waals surface area (Å²) in [5.41, 5.74) is 3.64. The van der Waals surface area contributed by atoms with Gasteiger partial charge in [0.05, 0.1) is 17.1 Å². The molecule has 0 saturated carbocycles. The fourth-order valence-corrected chi connectivity index (χ4v) is 3.34. The lowest BCUT2D eigenvalue weighted by molar-refractivity contribution is -0.384. The summed E-state index contributed by atoms with van der Waals surface area (Å²) < 4.78 is 11.3. The highest BCUT2D eigenvalue weighted by molar-refractivity contribution is 6.32. The molecule has 0 heterocycles. The van der Waals surface area contributed by atoms with Crippen LogP contribution < -0.4 is 14.8 Å². The number of nitrogens with zero attached hydrogens (tertiary/aromatic N) is 1. The molecule has 0 aliphatic rings. The number of methoxy groups -OCH3 is 1. The first kappa shape index (κ1) is 21.7.